The van der Waals surface area contributed by atoms with Gasteiger partial charge in [0.05, 0.1) is 0 Å². The van der Waals surface area contributed by atoms with Gasteiger partial charge in [-0.1, -0.05) is 58.1 Å². The number of hydrogen-bond acceptors (Lipinski definition) is 0. The second kappa shape index (κ2) is 4.45. The number of rotatable bonds is 3. The maximum absolute atomic E-state index is 2.40. The van der Waals surface area contributed by atoms with Gasteiger partial charge in [0.1, 0.15) is 0 Å². The third-order valence-electron chi connectivity index (χ3n) is 3.58. The summed E-state index contributed by atoms with van der Waals surface area (Å²) in [5.74, 6) is 1.96. The lowest BCUT2D eigenvalue weighted by Crippen LogP contribution is -2.10. The van der Waals surface area contributed by atoms with Gasteiger partial charge < -0.3 is 0 Å². The molecule has 1 unspecified atom stereocenters. The van der Waals surface area contributed by atoms with Crippen molar-refractivity contribution in [1.29, 1.82) is 0 Å². The molecule has 0 spiro atoms. The molecule has 0 saturated carbocycles. The summed E-state index contributed by atoms with van der Waals surface area (Å²) in [6.45, 7) is 9.24. The molecule has 0 N–H and O–H groups in total. The molecule has 0 amide bonds. The monoisotopic (exact) mass is 214 g/mol. The van der Waals surface area contributed by atoms with Crippen molar-refractivity contribution in [3.8, 4) is 0 Å². The molecule has 1 atom stereocenters. The fourth-order valence-corrected chi connectivity index (χ4v) is 2.69. The summed E-state index contributed by atoms with van der Waals surface area (Å²) < 4.78 is 0. The fourth-order valence-electron chi connectivity index (χ4n) is 2.69. The number of allylic oxidation sites excluding steroid dienone is 8. The van der Waals surface area contributed by atoms with E-state index in [0.717, 1.165) is 6.42 Å². The van der Waals surface area contributed by atoms with E-state index in [-0.39, 0.29) is 0 Å². The molecule has 86 valence electrons. The molecule has 0 bridgehead atoms. The van der Waals surface area contributed by atoms with E-state index in [4.69, 9.17) is 0 Å². The van der Waals surface area contributed by atoms with Crippen LogP contribution in [0.3, 0.4) is 0 Å². The Labute approximate surface area is 99.4 Å². The van der Waals surface area contributed by atoms with Crippen LogP contribution in [0.25, 0.3) is 0 Å². The predicted octanol–water partition coefficient (Wildman–Crippen LogP) is 4.67. The molecule has 0 heterocycles. The number of hydrogen-bond donors (Lipinski definition) is 0. The lowest BCUT2D eigenvalue weighted by Gasteiger charge is -2.21. The van der Waals surface area contributed by atoms with E-state index in [1.54, 1.807) is 11.1 Å². The Morgan fingerprint density at radius 1 is 1.19 bits per heavy atom. The zero-order valence-electron chi connectivity index (χ0n) is 10.8. The molecule has 0 heteroatoms. The SMILES string of the molecule is CC(C)C1=C(C2=CC=CC2)C(C(C)C)C=C1. The highest BCUT2D eigenvalue weighted by atomic mass is 14.3. The Morgan fingerprint density at radius 3 is 2.44 bits per heavy atom. The maximum Gasteiger partial charge on any atom is 0.00498 e. The van der Waals surface area contributed by atoms with Crippen molar-refractivity contribution < 1.29 is 0 Å². The van der Waals surface area contributed by atoms with Crippen molar-refractivity contribution in [2.45, 2.75) is 34.1 Å². The van der Waals surface area contributed by atoms with E-state index in [2.05, 4.69) is 58.1 Å². The highest BCUT2D eigenvalue weighted by molar-refractivity contribution is 5.52. The molecule has 0 radical (unpaired) electrons. The third-order valence-corrected chi connectivity index (χ3v) is 3.58. The average Bonchev–Trinajstić information content (AvgIpc) is 2.85. The van der Waals surface area contributed by atoms with Crippen LogP contribution in [0.4, 0.5) is 0 Å². The Kier molecular flexibility index (Phi) is 3.18. The molecular weight excluding hydrogens is 192 g/mol. The Morgan fingerprint density at radius 2 is 1.94 bits per heavy atom. The zero-order chi connectivity index (χ0) is 11.7. The van der Waals surface area contributed by atoms with E-state index < -0.39 is 0 Å². The Balaban J connectivity index is 2.37. The summed E-state index contributed by atoms with van der Waals surface area (Å²) in [6.07, 6.45) is 12.6. The largest absolute Gasteiger partial charge is 0.0801 e. The molecular formula is C16H22. The topological polar surface area (TPSA) is 0 Å². The predicted molar refractivity (Wildman–Crippen MR) is 71.2 cm³/mol. The minimum Gasteiger partial charge on any atom is -0.0801 e. The van der Waals surface area contributed by atoms with Crippen molar-refractivity contribution in [1.82, 2.24) is 0 Å². The summed E-state index contributed by atoms with van der Waals surface area (Å²) in [4.78, 5) is 0. The van der Waals surface area contributed by atoms with Gasteiger partial charge in [0.2, 0.25) is 0 Å². The minimum atomic E-state index is 0.628. The standard InChI is InChI=1S/C16H22/c1-11(2)14-9-10-15(12(3)4)16(14)13-7-5-6-8-13/h5-7,9-12,14H,8H2,1-4H3. The van der Waals surface area contributed by atoms with Crippen LogP contribution < -0.4 is 0 Å². The van der Waals surface area contributed by atoms with Gasteiger partial charge in [-0.25, -0.2) is 0 Å². The van der Waals surface area contributed by atoms with Crippen molar-refractivity contribution in [3.05, 3.63) is 47.1 Å². The Bertz CT molecular complexity index is 386. The summed E-state index contributed by atoms with van der Waals surface area (Å²) in [6, 6.07) is 0. The molecule has 0 aromatic rings. The van der Waals surface area contributed by atoms with Crippen LogP contribution in [-0.4, -0.2) is 0 Å². The van der Waals surface area contributed by atoms with Crippen LogP contribution in [0.2, 0.25) is 0 Å². The molecule has 0 saturated heterocycles. The van der Waals surface area contributed by atoms with Gasteiger partial charge in [-0.3, -0.25) is 0 Å². The van der Waals surface area contributed by atoms with Crippen LogP contribution in [0.5, 0.6) is 0 Å². The van der Waals surface area contributed by atoms with Gasteiger partial charge in [-0.15, -0.1) is 0 Å². The van der Waals surface area contributed by atoms with E-state index >= 15 is 0 Å². The van der Waals surface area contributed by atoms with Crippen LogP contribution >= 0.6 is 0 Å². The van der Waals surface area contributed by atoms with Crippen molar-refractivity contribution in [2.24, 2.45) is 17.8 Å². The summed E-state index contributed by atoms with van der Waals surface area (Å²) in [5, 5.41) is 0. The van der Waals surface area contributed by atoms with Crippen LogP contribution in [0, 0.1) is 17.8 Å². The maximum atomic E-state index is 2.40. The molecule has 0 fully saturated rings. The molecule has 0 nitrogen and oxygen atoms in total. The van der Waals surface area contributed by atoms with Gasteiger partial charge in [0.25, 0.3) is 0 Å². The molecule has 0 aromatic carbocycles. The van der Waals surface area contributed by atoms with Gasteiger partial charge in [-0.05, 0) is 35.0 Å². The van der Waals surface area contributed by atoms with Crippen LogP contribution in [0.1, 0.15) is 34.1 Å². The fraction of sp³-hybridized carbons (Fsp3) is 0.500. The van der Waals surface area contributed by atoms with Crippen LogP contribution in [0.15, 0.2) is 47.1 Å². The quantitative estimate of drug-likeness (QED) is 0.640. The second-order valence-electron chi connectivity index (χ2n) is 5.48. The normalized spacial score (nSPS) is 24.1. The lowest BCUT2D eigenvalue weighted by atomic mass is 9.83. The van der Waals surface area contributed by atoms with E-state index in [9.17, 15) is 0 Å². The van der Waals surface area contributed by atoms with Crippen LogP contribution in [-0.2, 0) is 0 Å². The average molecular weight is 214 g/mol. The van der Waals surface area contributed by atoms with Gasteiger partial charge in [0.15, 0.2) is 0 Å². The lowest BCUT2D eigenvalue weighted by molar-refractivity contribution is 0.531. The molecule has 16 heavy (non-hydrogen) atoms. The minimum absolute atomic E-state index is 0.628. The summed E-state index contributed by atoms with van der Waals surface area (Å²) in [7, 11) is 0. The van der Waals surface area contributed by atoms with E-state index in [1.165, 1.54) is 5.57 Å². The molecule has 2 aliphatic carbocycles. The highest BCUT2D eigenvalue weighted by Gasteiger charge is 2.26. The summed E-state index contributed by atoms with van der Waals surface area (Å²) >= 11 is 0. The van der Waals surface area contributed by atoms with E-state index in [0.29, 0.717) is 17.8 Å². The Hall–Kier alpha value is -1.04. The van der Waals surface area contributed by atoms with Gasteiger partial charge >= 0.3 is 0 Å². The first-order valence-electron chi connectivity index (χ1n) is 6.39. The highest BCUT2D eigenvalue weighted by Crippen LogP contribution is 2.40. The van der Waals surface area contributed by atoms with Gasteiger partial charge in [-0.2, -0.15) is 0 Å². The van der Waals surface area contributed by atoms with Crippen molar-refractivity contribution in [3.63, 3.8) is 0 Å². The first-order chi connectivity index (χ1) is 7.61. The summed E-state index contributed by atoms with van der Waals surface area (Å²) in [5.41, 5.74) is 4.69. The molecule has 0 aromatic heterocycles. The van der Waals surface area contributed by atoms with Gasteiger partial charge in [0, 0.05) is 5.92 Å². The molecule has 0 aliphatic heterocycles. The van der Waals surface area contributed by atoms with E-state index in [1.807, 2.05) is 0 Å². The second-order valence-corrected chi connectivity index (χ2v) is 5.48. The smallest absolute Gasteiger partial charge is 0.00498 e. The van der Waals surface area contributed by atoms with Crippen molar-refractivity contribution >= 4 is 0 Å². The van der Waals surface area contributed by atoms with Crippen molar-refractivity contribution in [2.75, 3.05) is 0 Å². The first-order valence-corrected chi connectivity index (χ1v) is 6.39. The first kappa shape index (κ1) is 11.4. The third kappa shape index (κ3) is 1.93. The molecule has 2 aliphatic rings. The molecule has 2 rings (SSSR count). The zero-order valence-corrected chi connectivity index (χ0v) is 10.8.